The van der Waals surface area contributed by atoms with Crippen molar-refractivity contribution in [2.75, 3.05) is 7.11 Å². The van der Waals surface area contributed by atoms with Gasteiger partial charge in [-0.1, -0.05) is 6.07 Å². The van der Waals surface area contributed by atoms with E-state index in [0.717, 1.165) is 0 Å². The first-order valence-corrected chi connectivity index (χ1v) is 6.81. The minimum absolute atomic E-state index is 0.0893. The molecule has 2 aromatic rings. The minimum Gasteiger partial charge on any atom is -0.504 e. The third-order valence-electron chi connectivity index (χ3n) is 3.80. The molecule has 4 N–H and O–H groups in total. The van der Waals surface area contributed by atoms with Crippen LogP contribution in [0.3, 0.4) is 0 Å². The van der Waals surface area contributed by atoms with Gasteiger partial charge in [0.25, 0.3) is 0 Å². The Bertz CT molecular complexity index is 851. The number of aromatic hydroxyl groups is 4. The zero-order chi connectivity index (χ0) is 16.7. The lowest BCUT2D eigenvalue weighted by atomic mass is 9.86. The van der Waals surface area contributed by atoms with E-state index in [4.69, 9.17) is 4.74 Å². The van der Waals surface area contributed by atoms with Crippen molar-refractivity contribution < 1.29 is 30.0 Å². The number of ketones is 1. The lowest BCUT2D eigenvalue weighted by Gasteiger charge is -2.19. The maximum absolute atomic E-state index is 12.3. The van der Waals surface area contributed by atoms with Gasteiger partial charge in [0.2, 0.25) is 5.75 Å². The Kier molecular flexibility index (Phi) is 3.37. The highest BCUT2D eigenvalue weighted by atomic mass is 16.5. The van der Waals surface area contributed by atoms with E-state index in [1.807, 2.05) is 0 Å². The molecule has 0 bridgehead atoms. The van der Waals surface area contributed by atoms with E-state index in [2.05, 4.69) is 0 Å². The van der Waals surface area contributed by atoms with E-state index in [-0.39, 0.29) is 35.0 Å². The maximum Gasteiger partial charge on any atom is 0.203 e. The molecule has 23 heavy (non-hydrogen) atoms. The maximum atomic E-state index is 12.3. The highest BCUT2D eigenvalue weighted by molar-refractivity contribution is 6.14. The number of phenolic OH excluding ortho intramolecular Hbond substituents is 4. The fraction of sp³-hybridized carbons (Fsp3) is 0.118. The first-order valence-electron chi connectivity index (χ1n) is 6.81. The van der Waals surface area contributed by atoms with E-state index in [9.17, 15) is 25.2 Å². The Morgan fingerprint density at radius 2 is 1.74 bits per heavy atom. The molecule has 0 spiro atoms. The van der Waals surface area contributed by atoms with Gasteiger partial charge in [0.15, 0.2) is 28.8 Å². The first kappa shape index (κ1) is 14.8. The third kappa shape index (κ3) is 2.34. The standard InChI is InChI=1S/C17H14O6/c1-23-17-14(21)7-10-4-9(6-13(20)15(10)16(17)22)8-2-3-11(18)12(19)5-8/h2-3,5-7,18-19,21-22H,4H2,1H3. The predicted molar refractivity (Wildman–Crippen MR) is 82.1 cm³/mol. The summed E-state index contributed by atoms with van der Waals surface area (Å²) in [6, 6.07) is 5.62. The second kappa shape index (κ2) is 5.24. The second-order valence-corrected chi connectivity index (χ2v) is 5.23. The van der Waals surface area contributed by atoms with Crippen LogP contribution in [0.4, 0.5) is 0 Å². The summed E-state index contributed by atoms with van der Waals surface area (Å²) in [5, 5.41) is 39.0. The number of ether oxygens (including phenoxy) is 1. The molecule has 118 valence electrons. The van der Waals surface area contributed by atoms with Crippen molar-refractivity contribution in [2.45, 2.75) is 6.42 Å². The van der Waals surface area contributed by atoms with Crippen LogP contribution in [-0.4, -0.2) is 33.3 Å². The summed E-state index contributed by atoms with van der Waals surface area (Å²) in [5.41, 5.74) is 1.71. The number of phenols is 4. The zero-order valence-corrected chi connectivity index (χ0v) is 12.2. The second-order valence-electron chi connectivity index (χ2n) is 5.23. The van der Waals surface area contributed by atoms with E-state index in [0.29, 0.717) is 16.7 Å². The monoisotopic (exact) mass is 314 g/mol. The molecule has 0 heterocycles. The smallest absolute Gasteiger partial charge is 0.203 e. The number of carbonyl (C=O) groups is 1. The van der Waals surface area contributed by atoms with Gasteiger partial charge in [0, 0.05) is 0 Å². The van der Waals surface area contributed by atoms with Gasteiger partial charge in [-0.2, -0.15) is 0 Å². The van der Waals surface area contributed by atoms with Crippen LogP contribution in [0.15, 0.2) is 30.3 Å². The highest BCUT2D eigenvalue weighted by Gasteiger charge is 2.27. The predicted octanol–water partition coefficient (Wildman–Crippen LogP) is 2.34. The number of rotatable bonds is 2. The van der Waals surface area contributed by atoms with Crippen molar-refractivity contribution in [3.8, 4) is 28.7 Å². The summed E-state index contributed by atoms with van der Waals surface area (Å²) >= 11 is 0. The zero-order valence-electron chi connectivity index (χ0n) is 12.2. The van der Waals surface area contributed by atoms with Crippen LogP contribution in [-0.2, 0) is 6.42 Å². The first-order chi connectivity index (χ1) is 10.9. The van der Waals surface area contributed by atoms with Crippen LogP contribution >= 0.6 is 0 Å². The molecule has 0 aliphatic heterocycles. The van der Waals surface area contributed by atoms with Crippen molar-refractivity contribution in [3.63, 3.8) is 0 Å². The fourth-order valence-corrected chi connectivity index (χ4v) is 2.70. The quantitative estimate of drug-likeness (QED) is 0.634. The highest BCUT2D eigenvalue weighted by Crippen LogP contribution is 2.44. The summed E-state index contributed by atoms with van der Waals surface area (Å²) < 4.78 is 4.90. The molecule has 0 aromatic heterocycles. The van der Waals surface area contributed by atoms with E-state index in [1.54, 1.807) is 6.07 Å². The number of benzene rings is 2. The van der Waals surface area contributed by atoms with Crippen LogP contribution < -0.4 is 4.74 Å². The van der Waals surface area contributed by atoms with Gasteiger partial charge in [-0.05, 0) is 47.4 Å². The third-order valence-corrected chi connectivity index (χ3v) is 3.80. The number of hydrogen-bond acceptors (Lipinski definition) is 6. The summed E-state index contributed by atoms with van der Waals surface area (Å²) in [7, 11) is 1.29. The van der Waals surface area contributed by atoms with Crippen LogP contribution in [0.25, 0.3) is 5.57 Å². The van der Waals surface area contributed by atoms with Gasteiger partial charge in [-0.25, -0.2) is 0 Å². The van der Waals surface area contributed by atoms with Crippen LogP contribution in [0.2, 0.25) is 0 Å². The molecule has 1 aliphatic carbocycles. The normalized spacial score (nSPS) is 13.4. The van der Waals surface area contributed by atoms with Gasteiger partial charge in [0.1, 0.15) is 0 Å². The summed E-state index contributed by atoms with van der Waals surface area (Å²) in [4.78, 5) is 12.3. The topological polar surface area (TPSA) is 107 Å². The lowest BCUT2D eigenvalue weighted by Crippen LogP contribution is -2.10. The lowest BCUT2D eigenvalue weighted by molar-refractivity contribution is 0.104. The Hall–Kier alpha value is -3.15. The average Bonchev–Trinajstić information content (AvgIpc) is 2.49. The number of methoxy groups -OCH3 is 1. The molecule has 0 unspecified atom stereocenters. The van der Waals surface area contributed by atoms with Crippen LogP contribution in [0.1, 0.15) is 21.5 Å². The molecule has 0 radical (unpaired) electrons. The molecule has 1 aliphatic rings. The average molecular weight is 314 g/mol. The Labute approximate surface area is 131 Å². The molecule has 6 heteroatoms. The largest absolute Gasteiger partial charge is 0.504 e. The van der Waals surface area contributed by atoms with Crippen LogP contribution in [0, 0.1) is 0 Å². The van der Waals surface area contributed by atoms with E-state index < -0.39 is 11.5 Å². The Morgan fingerprint density at radius 3 is 2.39 bits per heavy atom. The molecule has 6 nitrogen and oxygen atoms in total. The fourth-order valence-electron chi connectivity index (χ4n) is 2.70. The molecule has 3 rings (SSSR count). The molecular formula is C17H14O6. The molecule has 0 saturated heterocycles. The number of fused-ring (bicyclic) bond motifs is 1. The molecule has 0 fully saturated rings. The number of carbonyl (C=O) groups excluding carboxylic acids is 1. The molecule has 0 amide bonds. The SMILES string of the molecule is COc1c(O)cc2c(c1O)C(=O)C=C(c1ccc(O)c(O)c1)C2. The van der Waals surface area contributed by atoms with Gasteiger partial charge in [-0.3, -0.25) is 4.79 Å². The molecule has 0 atom stereocenters. The van der Waals surface area contributed by atoms with Crippen LogP contribution in [0.5, 0.6) is 28.7 Å². The Balaban J connectivity index is 2.10. The van der Waals surface area contributed by atoms with Gasteiger partial charge in [-0.15, -0.1) is 0 Å². The summed E-state index contributed by atoms with van der Waals surface area (Å²) in [6.07, 6.45) is 1.63. The van der Waals surface area contributed by atoms with Crippen molar-refractivity contribution in [3.05, 3.63) is 47.0 Å². The van der Waals surface area contributed by atoms with Gasteiger partial charge >= 0.3 is 0 Å². The number of hydrogen-bond donors (Lipinski definition) is 4. The Morgan fingerprint density at radius 1 is 1.00 bits per heavy atom. The van der Waals surface area contributed by atoms with Crippen molar-refractivity contribution in [1.82, 2.24) is 0 Å². The van der Waals surface area contributed by atoms with Crippen molar-refractivity contribution in [1.29, 1.82) is 0 Å². The van der Waals surface area contributed by atoms with Crippen molar-refractivity contribution in [2.24, 2.45) is 0 Å². The summed E-state index contributed by atoms with van der Waals surface area (Å²) in [5.74, 6) is -1.76. The van der Waals surface area contributed by atoms with Gasteiger partial charge < -0.3 is 25.2 Å². The van der Waals surface area contributed by atoms with E-state index >= 15 is 0 Å². The molecular weight excluding hydrogens is 300 g/mol. The molecule has 2 aromatic carbocycles. The summed E-state index contributed by atoms with van der Waals surface area (Å²) in [6.45, 7) is 0. The van der Waals surface area contributed by atoms with Gasteiger partial charge in [0.05, 0.1) is 12.7 Å². The number of allylic oxidation sites excluding steroid dienone is 2. The molecule has 0 saturated carbocycles. The van der Waals surface area contributed by atoms with Crippen molar-refractivity contribution >= 4 is 11.4 Å². The van der Waals surface area contributed by atoms with E-state index in [1.165, 1.54) is 31.4 Å². The minimum atomic E-state index is -0.426.